The van der Waals surface area contributed by atoms with Gasteiger partial charge in [0.1, 0.15) is 0 Å². The lowest BCUT2D eigenvalue weighted by Gasteiger charge is -2.38. The van der Waals surface area contributed by atoms with Crippen LogP contribution >= 0.6 is 23.2 Å². The lowest BCUT2D eigenvalue weighted by Crippen LogP contribution is -2.34. The maximum absolute atomic E-state index is 12.8. The number of hydrogen-bond donors (Lipinski definition) is 2. The van der Waals surface area contributed by atoms with E-state index in [1.54, 1.807) is 6.07 Å². The maximum atomic E-state index is 12.8. The summed E-state index contributed by atoms with van der Waals surface area (Å²) in [5.41, 5.74) is 3.71. The van der Waals surface area contributed by atoms with Crippen molar-refractivity contribution < 1.29 is 4.79 Å². The van der Waals surface area contributed by atoms with Crippen molar-refractivity contribution in [1.82, 2.24) is 5.32 Å². The average Bonchev–Trinajstić information content (AvgIpc) is 3.12. The second-order valence-corrected chi connectivity index (χ2v) is 8.30. The Morgan fingerprint density at radius 1 is 1.15 bits per heavy atom. The number of halogens is 2. The van der Waals surface area contributed by atoms with Gasteiger partial charge in [-0.25, -0.2) is 0 Å². The lowest BCUT2D eigenvalue weighted by molar-refractivity contribution is 0.0943. The number of anilines is 1. The topological polar surface area (TPSA) is 41.1 Å². The Hall–Kier alpha value is -1.97. The molecule has 0 fully saturated rings. The first kappa shape index (κ1) is 18.4. The van der Waals surface area contributed by atoms with Crippen LogP contribution in [0.2, 0.25) is 10.0 Å². The first-order valence-electron chi connectivity index (χ1n) is 9.28. The number of fused-ring (bicyclic) bond motifs is 3. The second kappa shape index (κ2) is 7.21. The van der Waals surface area contributed by atoms with Gasteiger partial charge in [0.15, 0.2) is 0 Å². The van der Waals surface area contributed by atoms with E-state index in [2.05, 4.69) is 28.9 Å². The van der Waals surface area contributed by atoms with Crippen LogP contribution in [0.3, 0.4) is 0 Å². The van der Waals surface area contributed by atoms with Crippen LogP contribution in [0.15, 0.2) is 48.6 Å². The second-order valence-electron chi connectivity index (χ2n) is 7.52. The van der Waals surface area contributed by atoms with Crippen molar-refractivity contribution >= 4 is 34.8 Å². The highest BCUT2D eigenvalue weighted by atomic mass is 35.5. The van der Waals surface area contributed by atoms with Crippen molar-refractivity contribution in [1.29, 1.82) is 0 Å². The number of nitrogens with one attached hydrogen (secondary N) is 2. The summed E-state index contributed by atoms with van der Waals surface area (Å²) >= 11 is 12.8. The Kier molecular flexibility index (Phi) is 4.92. The van der Waals surface area contributed by atoms with E-state index >= 15 is 0 Å². The summed E-state index contributed by atoms with van der Waals surface area (Å²) in [6.07, 6.45) is 5.44. The lowest BCUT2D eigenvalue weighted by atomic mass is 9.76. The van der Waals surface area contributed by atoms with E-state index in [0.29, 0.717) is 21.5 Å². The molecule has 3 nitrogen and oxygen atoms in total. The Labute approximate surface area is 169 Å². The number of rotatable bonds is 3. The third-order valence-electron chi connectivity index (χ3n) is 5.38. The van der Waals surface area contributed by atoms with E-state index < -0.39 is 0 Å². The van der Waals surface area contributed by atoms with Gasteiger partial charge in [-0.15, -0.1) is 0 Å². The SMILES string of the molecule is CC(C)NC(=O)c1cccc2c1NC(c1cccc(Cl)c1Cl)C1CC=CC21. The molecule has 1 heterocycles. The predicted octanol–water partition coefficient (Wildman–Crippen LogP) is 5.96. The van der Waals surface area contributed by atoms with Gasteiger partial charge in [0.05, 0.1) is 27.3 Å². The largest absolute Gasteiger partial charge is 0.377 e. The fraction of sp³-hybridized carbons (Fsp3) is 0.318. The van der Waals surface area contributed by atoms with Gasteiger partial charge in [-0.2, -0.15) is 0 Å². The van der Waals surface area contributed by atoms with Gasteiger partial charge in [0, 0.05) is 12.0 Å². The molecule has 0 spiro atoms. The fourth-order valence-electron chi connectivity index (χ4n) is 4.22. The zero-order valence-electron chi connectivity index (χ0n) is 15.3. The highest BCUT2D eigenvalue weighted by Crippen LogP contribution is 2.52. The van der Waals surface area contributed by atoms with Crippen LogP contribution < -0.4 is 10.6 Å². The van der Waals surface area contributed by atoms with E-state index in [-0.39, 0.29) is 23.9 Å². The van der Waals surface area contributed by atoms with Gasteiger partial charge in [-0.05, 0) is 49.4 Å². The summed E-state index contributed by atoms with van der Waals surface area (Å²) in [4.78, 5) is 12.8. The Bertz CT molecular complexity index is 923. The third kappa shape index (κ3) is 3.24. The smallest absolute Gasteiger partial charge is 0.253 e. The Morgan fingerprint density at radius 2 is 1.89 bits per heavy atom. The summed E-state index contributed by atoms with van der Waals surface area (Å²) in [6, 6.07) is 11.8. The van der Waals surface area contributed by atoms with E-state index in [1.807, 2.05) is 38.1 Å². The molecule has 0 bridgehead atoms. The van der Waals surface area contributed by atoms with Gasteiger partial charge in [-0.3, -0.25) is 4.79 Å². The predicted molar refractivity (Wildman–Crippen MR) is 112 cm³/mol. The molecule has 3 atom stereocenters. The number of hydrogen-bond acceptors (Lipinski definition) is 2. The Balaban J connectivity index is 1.81. The van der Waals surface area contributed by atoms with Crippen molar-refractivity contribution in [2.75, 3.05) is 5.32 Å². The van der Waals surface area contributed by atoms with Crippen molar-refractivity contribution in [2.45, 2.75) is 38.3 Å². The molecule has 2 aromatic rings. The summed E-state index contributed by atoms with van der Waals surface area (Å²) < 4.78 is 0. The van der Waals surface area contributed by atoms with Gasteiger partial charge in [0.25, 0.3) is 5.91 Å². The number of carbonyl (C=O) groups is 1. The van der Waals surface area contributed by atoms with Crippen LogP contribution in [0, 0.1) is 5.92 Å². The van der Waals surface area contributed by atoms with E-state index in [9.17, 15) is 4.79 Å². The standard InChI is InChI=1S/C22H22Cl2N2O/c1-12(2)25-22(27)17-10-4-8-15-13-6-3-7-14(13)20(26-21(15)17)16-9-5-11-18(23)19(16)24/h3-6,8-14,20,26H,7H2,1-2H3,(H,25,27). The summed E-state index contributed by atoms with van der Waals surface area (Å²) in [5.74, 6) is 0.538. The van der Waals surface area contributed by atoms with Gasteiger partial charge in [0.2, 0.25) is 0 Å². The maximum Gasteiger partial charge on any atom is 0.253 e. The molecule has 1 amide bonds. The van der Waals surface area contributed by atoms with Crippen LogP contribution in [0.5, 0.6) is 0 Å². The average molecular weight is 401 g/mol. The number of benzene rings is 2. The molecular formula is C22H22Cl2N2O. The quantitative estimate of drug-likeness (QED) is 0.624. The minimum absolute atomic E-state index is 0.00306. The van der Waals surface area contributed by atoms with Crippen molar-refractivity contribution in [3.05, 3.63) is 75.3 Å². The zero-order chi connectivity index (χ0) is 19.1. The minimum Gasteiger partial charge on any atom is -0.377 e. The van der Waals surface area contributed by atoms with Crippen LogP contribution in [-0.2, 0) is 0 Å². The van der Waals surface area contributed by atoms with Crippen LogP contribution in [-0.4, -0.2) is 11.9 Å². The number of carbonyl (C=O) groups excluding carboxylic acids is 1. The molecular weight excluding hydrogens is 379 g/mol. The third-order valence-corrected chi connectivity index (χ3v) is 6.21. The summed E-state index contributed by atoms with van der Waals surface area (Å²) in [6.45, 7) is 3.93. The first-order valence-corrected chi connectivity index (χ1v) is 10.0. The van der Waals surface area contributed by atoms with Crippen LogP contribution in [0.25, 0.3) is 0 Å². The molecule has 27 heavy (non-hydrogen) atoms. The van der Waals surface area contributed by atoms with Crippen LogP contribution in [0.4, 0.5) is 5.69 Å². The Morgan fingerprint density at radius 3 is 2.67 bits per heavy atom. The summed E-state index contributed by atoms with van der Waals surface area (Å²) in [5, 5.41) is 7.76. The molecule has 1 aliphatic heterocycles. The molecule has 3 unspecified atom stereocenters. The number of amides is 1. The molecule has 2 N–H and O–H groups in total. The highest BCUT2D eigenvalue weighted by molar-refractivity contribution is 6.42. The molecule has 140 valence electrons. The normalized spacial score (nSPS) is 22.9. The van der Waals surface area contributed by atoms with Crippen molar-refractivity contribution in [2.24, 2.45) is 5.92 Å². The molecule has 0 saturated heterocycles. The molecule has 0 radical (unpaired) electrons. The van der Waals surface area contributed by atoms with E-state index in [0.717, 1.165) is 17.7 Å². The van der Waals surface area contributed by atoms with E-state index in [1.165, 1.54) is 5.56 Å². The van der Waals surface area contributed by atoms with Crippen molar-refractivity contribution in [3.63, 3.8) is 0 Å². The molecule has 5 heteroatoms. The zero-order valence-corrected chi connectivity index (χ0v) is 16.8. The molecule has 4 rings (SSSR count). The van der Waals surface area contributed by atoms with Gasteiger partial charge < -0.3 is 10.6 Å². The number of allylic oxidation sites excluding steroid dienone is 2. The van der Waals surface area contributed by atoms with E-state index in [4.69, 9.17) is 23.2 Å². The molecule has 2 aromatic carbocycles. The summed E-state index contributed by atoms with van der Waals surface area (Å²) in [7, 11) is 0. The highest BCUT2D eigenvalue weighted by Gasteiger charge is 2.40. The minimum atomic E-state index is -0.0642. The van der Waals surface area contributed by atoms with Gasteiger partial charge >= 0.3 is 0 Å². The monoisotopic (exact) mass is 400 g/mol. The fourth-order valence-corrected chi connectivity index (χ4v) is 4.64. The van der Waals surface area contributed by atoms with Crippen molar-refractivity contribution in [3.8, 4) is 0 Å². The molecule has 2 aliphatic rings. The number of para-hydroxylation sites is 1. The molecule has 1 aliphatic carbocycles. The molecule has 0 saturated carbocycles. The molecule has 0 aromatic heterocycles. The first-order chi connectivity index (χ1) is 13.0. The van der Waals surface area contributed by atoms with Crippen LogP contribution in [0.1, 0.15) is 53.7 Å². The van der Waals surface area contributed by atoms with Gasteiger partial charge in [-0.1, -0.05) is 59.6 Å².